The van der Waals surface area contributed by atoms with Gasteiger partial charge in [0.1, 0.15) is 16.8 Å². The average Bonchev–Trinajstić information content (AvgIpc) is 3.86. The predicted molar refractivity (Wildman–Crippen MR) is 214 cm³/mol. The Hall–Kier alpha value is -6.72. The molecule has 246 valence electrons. The Morgan fingerprint density at radius 1 is 0.615 bits per heavy atom. The van der Waals surface area contributed by atoms with Crippen LogP contribution in [0.5, 0.6) is 0 Å². The molecule has 11 rings (SSSR count). The van der Waals surface area contributed by atoms with Crippen LogP contribution in [0.4, 0.5) is 0 Å². The normalized spacial score (nSPS) is 16.2. The van der Waals surface area contributed by atoms with Crippen LogP contribution in [0, 0.1) is 0 Å². The maximum Gasteiger partial charge on any atom is 0.180 e. The number of benzene rings is 6. The first-order chi connectivity index (χ1) is 25.7. The van der Waals surface area contributed by atoms with Gasteiger partial charge in [-0.1, -0.05) is 121 Å². The lowest BCUT2D eigenvalue weighted by atomic mass is 9.89. The molecule has 0 bridgehead atoms. The van der Waals surface area contributed by atoms with E-state index in [2.05, 4.69) is 143 Å². The SMILES string of the molecule is CC1(n2c3ccccc3c3ccc4c(c5ccccc5n4-c4ccccc4)c32)C=CC(c2nc(-c3ccccc3)c3oc4ccccc4c3n2)=CC1. The summed E-state index contributed by atoms with van der Waals surface area (Å²) in [6.07, 6.45) is 7.66. The number of allylic oxidation sites excluding steroid dienone is 4. The highest BCUT2D eigenvalue weighted by atomic mass is 16.3. The number of hydrogen-bond donors (Lipinski definition) is 0. The Balaban J connectivity index is 1.12. The van der Waals surface area contributed by atoms with Crippen LogP contribution in [-0.4, -0.2) is 19.1 Å². The monoisotopic (exact) mass is 668 g/mol. The molecule has 0 amide bonds. The fraction of sp³-hybridized carbons (Fsp3) is 0.0638. The second kappa shape index (κ2) is 10.9. The molecule has 0 spiro atoms. The number of nitrogens with zero attached hydrogens (tertiary/aromatic N) is 4. The zero-order valence-corrected chi connectivity index (χ0v) is 28.5. The van der Waals surface area contributed by atoms with Gasteiger partial charge in [-0.15, -0.1) is 0 Å². The molecule has 5 heteroatoms. The summed E-state index contributed by atoms with van der Waals surface area (Å²) < 4.78 is 11.4. The summed E-state index contributed by atoms with van der Waals surface area (Å²) in [7, 11) is 0. The molecular formula is C47H32N4O. The van der Waals surface area contributed by atoms with E-state index >= 15 is 0 Å². The van der Waals surface area contributed by atoms with Crippen LogP contribution in [0.3, 0.4) is 0 Å². The molecule has 1 atom stereocenters. The van der Waals surface area contributed by atoms with Crippen molar-refractivity contribution in [1.82, 2.24) is 19.1 Å². The van der Waals surface area contributed by atoms with Crippen molar-refractivity contribution in [3.63, 3.8) is 0 Å². The molecule has 4 heterocycles. The van der Waals surface area contributed by atoms with Crippen molar-refractivity contribution >= 4 is 71.3 Å². The first-order valence-corrected chi connectivity index (χ1v) is 17.8. The standard InChI is InChI=1S/C47H32N4O/c1-47(28-26-31(27-29-47)46-48-42(30-14-4-2-5-15-30)45-43(49-46)36-20-10-13-23-40(36)52-45)51-38-22-12-8-18-33(38)34-24-25-39-41(44(34)51)35-19-9-11-21-37(35)50(39)32-16-6-3-7-17-32/h2-28H,29H2,1H3. The van der Waals surface area contributed by atoms with Gasteiger partial charge in [-0.2, -0.15) is 0 Å². The minimum Gasteiger partial charge on any atom is -0.452 e. The maximum atomic E-state index is 6.37. The van der Waals surface area contributed by atoms with Gasteiger partial charge in [-0.3, -0.25) is 0 Å². The molecule has 0 saturated carbocycles. The number of furan rings is 1. The summed E-state index contributed by atoms with van der Waals surface area (Å²) in [4.78, 5) is 10.3. The van der Waals surface area contributed by atoms with Crippen LogP contribution >= 0.6 is 0 Å². The molecule has 5 nitrogen and oxygen atoms in total. The molecule has 0 aliphatic heterocycles. The molecule has 0 saturated heterocycles. The number of hydrogen-bond acceptors (Lipinski definition) is 3. The van der Waals surface area contributed by atoms with E-state index < -0.39 is 0 Å². The van der Waals surface area contributed by atoms with Crippen molar-refractivity contribution in [2.24, 2.45) is 0 Å². The van der Waals surface area contributed by atoms with E-state index in [4.69, 9.17) is 14.4 Å². The fourth-order valence-electron chi connectivity index (χ4n) is 8.46. The van der Waals surface area contributed by atoms with Gasteiger partial charge in [-0.25, -0.2) is 9.97 Å². The lowest BCUT2D eigenvalue weighted by Gasteiger charge is -2.32. The molecule has 52 heavy (non-hydrogen) atoms. The van der Waals surface area contributed by atoms with Gasteiger partial charge in [0.15, 0.2) is 11.4 Å². The van der Waals surface area contributed by atoms with E-state index in [1.807, 2.05) is 36.4 Å². The smallest absolute Gasteiger partial charge is 0.180 e. The van der Waals surface area contributed by atoms with E-state index in [-0.39, 0.29) is 5.54 Å². The molecule has 6 aromatic carbocycles. The Labute approximate surface area is 299 Å². The molecule has 10 aromatic rings. The van der Waals surface area contributed by atoms with Crippen molar-refractivity contribution < 1.29 is 4.42 Å². The van der Waals surface area contributed by atoms with Crippen LogP contribution in [0.25, 0.3) is 88.2 Å². The Kier molecular flexibility index (Phi) is 6.08. The highest BCUT2D eigenvalue weighted by Gasteiger charge is 2.31. The minimum atomic E-state index is -0.357. The molecular weight excluding hydrogens is 637 g/mol. The Bertz CT molecular complexity index is 3110. The highest BCUT2D eigenvalue weighted by molar-refractivity contribution is 6.25. The molecule has 1 aliphatic rings. The van der Waals surface area contributed by atoms with Crippen LogP contribution in [0.15, 0.2) is 168 Å². The zero-order chi connectivity index (χ0) is 34.4. The summed E-state index contributed by atoms with van der Waals surface area (Å²) in [5.74, 6) is 0.701. The lowest BCUT2D eigenvalue weighted by molar-refractivity contribution is 0.439. The van der Waals surface area contributed by atoms with Crippen molar-refractivity contribution in [1.29, 1.82) is 0 Å². The van der Waals surface area contributed by atoms with Crippen molar-refractivity contribution in [3.05, 3.63) is 170 Å². The lowest BCUT2D eigenvalue weighted by Crippen LogP contribution is -2.28. The maximum absolute atomic E-state index is 6.37. The van der Waals surface area contributed by atoms with Crippen molar-refractivity contribution in [2.45, 2.75) is 18.9 Å². The first-order valence-electron chi connectivity index (χ1n) is 17.8. The zero-order valence-electron chi connectivity index (χ0n) is 28.5. The third-order valence-electron chi connectivity index (χ3n) is 10.9. The van der Waals surface area contributed by atoms with E-state index in [0.29, 0.717) is 11.4 Å². The van der Waals surface area contributed by atoms with Crippen molar-refractivity contribution in [3.8, 4) is 16.9 Å². The predicted octanol–water partition coefficient (Wildman–Crippen LogP) is 12.0. The van der Waals surface area contributed by atoms with Crippen LogP contribution in [-0.2, 0) is 5.54 Å². The second-order valence-electron chi connectivity index (χ2n) is 14.0. The van der Waals surface area contributed by atoms with Gasteiger partial charge in [0.25, 0.3) is 0 Å². The third kappa shape index (κ3) is 4.11. The van der Waals surface area contributed by atoms with E-state index in [1.165, 1.54) is 43.6 Å². The number of rotatable bonds is 4. The summed E-state index contributed by atoms with van der Waals surface area (Å²) in [5.41, 5.74) is 10.9. The van der Waals surface area contributed by atoms with E-state index in [1.54, 1.807) is 0 Å². The summed E-state index contributed by atoms with van der Waals surface area (Å²) in [6, 6.07) is 51.3. The van der Waals surface area contributed by atoms with Gasteiger partial charge in [0, 0.05) is 49.3 Å². The molecule has 1 aliphatic carbocycles. The van der Waals surface area contributed by atoms with E-state index in [9.17, 15) is 0 Å². The van der Waals surface area contributed by atoms with Crippen LogP contribution in [0.2, 0.25) is 0 Å². The average molecular weight is 669 g/mol. The fourth-order valence-corrected chi connectivity index (χ4v) is 8.46. The molecule has 0 radical (unpaired) electrons. The number of aromatic nitrogens is 4. The van der Waals surface area contributed by atoms with E-state index in [0.717, 1.165) is 45.4 Å². The van der Waals surface area contributed by atoms with Crippen LogP contribution < -0.4 is 0 Å². The quantitative estimate of drug-likeness (QED) is 0.188. The largest absolute Gasteiger partial charge is 0.452 e. The third-order valence-corrected chi connectivity index (χ3v) is 10.9. The number of para-hydroxylation sites is 4. The Morgan fingerprint density at radius 2 is 1.31 bits per heavy atom. The van der Waals surface area contributed by atoms with Gasteiger partial charge in [0.2, 0.25) is 0 Å². The number of fused-ring (bicyclic) bond motifs is 10. The van der Waals surface area contributed by atoms with Crippen LogP contribution in [0.1, 0.15) is 19.2 Å². The second-order valence-corrected chi connectivity index (χ2v) is 14.0. The van der Waals surface area contributed by atoms with Gasteiger partial charge in [0.05, 0.1) is 22.1 Å². The highest BCUT2D eigenvalue weighted by Crippen LogP contribution is 2.45. The van der Waals surface area contributed by atoms with Gasteiger partial charge in [-0.05, 0) is 55.8 Å². The summed E-state index contributed by atoms with van der Waals surface area (Å²) >= 11 is 0. The Morgan fingerprint density at radius 3 is 2.10 bits per heavy atom. The minimum absolute atomic E-state index is 0.357. The molecule has 0 N–H and O–H groups in total. The van der Waals surface area contributed by atoms with Gasteiger partial charge < -0.3 is 13.6 Å². The van der Waals surface area contributed by atoms with Crippen molar-refractivity contribution in [2.75, 3.05) is 0 Å². The van der Waals surface area contributed by atoms with Gasteiger partial charge >= 0.3 is 0 Å². The molecule has 0 fully saturated rings. The molecule has 1 unspecified atom stereocenters. The summed E-state index contributed by atoms with van der Waals surface area (Å²) in [5, 5.41) is 6.03. The molecule has 4 aromatic heterocycles. The topological polar surface area (TPSA) is 48.8 Å². The summed E-state index contributed by atoms with van der Waals surface area (Å²) in [6.45, 7) is 2.35. The first kappa shape index (κ1) is 29.1.